The van der Waals surface area contributed by atoms with E-state index in [0.29, 0.717) is 23.0 Å². The Hall–Kier alpha value is -4.29. The molecule has 0 spiro atoms. The van der Waals surface area contributed by atoms with Crippen molar-refractivity contribution in [2.45, 2.75) is 31.0 Å². The minimum atomic E-state index is -4.38. The Bertz CT molecular complexity index is 1730. The number of benzene rings is 1. The molecular weight excluding hydrogens is 470 g/mol. The van der Waals surface area contributed by atoms with Crippen LogP contribution in [0.2, 0.25) is 0 Å². The molecule has 13 heteroatoms. The van der Waals surface area contributed by atoms with Crippen molar-refractivity contribution in [2.24, 2.45) is 0 Å². The predicted octanol–water partition coefficient (Wildman–Crippen LogP) is 3.10. The first-order chi connectivity index (χ1) is 16.7. The van der Waals surface area contributed by atoms with Gasteiger partial charge in [-0.25, -0.2) is 14.8 Å². The molecule has 4 aromatic heterocycles. The van der Waals surface area contributed by atoms with Crippen molar-refractivity contribution in [2.75, 3.05) is 0 Å². The van der Waals surface area contributed by atoms with E-state index in [0.717, 1.165) is 20.8 Å². The van der Waals surface area contributed by atoms with Crippen LogP contribution in [-0.4, -0.2) is 40.3 Å². The summed E-state index contributed by atoms with van der Waals surface area (Å²) in [5, 5.41) is 4.16. The SMILES string of the molecule is O=c1[nH]cc(-c2cc([C@H]3C[C@@H]3c3ccc4ncn(CC(F)(F)F)c4c3)c3ncc(F)n3n2)c(=O)[nH]1. The molecule has 0 saturated heterocycles. The van der Waals surface area contributed by atoms with Gasteiger partial charge >= 0.3 is 11.9 Å². The molecular formula is C22H15F4N7O2. The fourth-order valence-electron chi connectivity index (χ4n) is 4.50. The van der Waals surface area contributed by atoms with Gasteiger partial charge in [0.25, 0.3) is 5.56 Å². The van der Waals surface area contributed by atoms with E-state index < -0.39 is 29.9 Å². The van der Waals surface area contributed by atoms with E-state index in [1.807, 2.05) is 6.07 Å². The van der Waals surface area contributed by atoms with Crippen LogP contribution < -0.4 is 11.2 Å². The zero-order valence-corrected chi connectivity index (χ0v) is 17.7. The molecule has 0 unspecified atom stereocenters. The molecule has 9 nitrogen and oxygen atoms in total. The average Bonchev–Trinajstić information content (AvgIpc) is 3.38. The molecule has 0 amide bonds. The number of aromatic amines is 2. The summed E-state index contributed by atoms with van der Waals surface area (Å²) in [6.45, 7) is -1.14. The Kier molecular flexibility index (Phi) is 4.47. The summed E-state index contributed by atoms with van der Waals surface area (Å²) in [6.07, 6.45) is -0.344. The molecule has 0 radical (unpaired) electrons. The first-order valence-electron chi connectivity index (χ1n) is 10.6. The number of aromatic nitrogens is 7. The van der Waals surface area contributed by atoms with Crippen LogP contribution in [-0.2, 0) is 6.54 Å². The quantitative estimate of drug-likeness (QED) is 0.380. The van der Waals surface area contributed by atoms with Crippen molar-refractivity contribution >= 4 is 16.7 Å². The maximum atomic E-state index is 14.4. The highest BCUT2D eigenvalue weighted by Gasteiger charge is 2.42. The molecule has 35 heavy (non-hydrogen) atoms. The van der Waals surface area contributed by atoms with E-state index in [1.54, 1.807) is 18.2 Å². The van der Waals surface area contributed by atoms with Crippen molar-refractivity contribution in [1.29, 1.82) is 0 Å². The summed E-state index contributed by atoms with van der Waals surface area (Å²) >= 11 is 0. The van der Waals surface area contributed by atoms with Gasteiger partial charge in [0.15, 0.2) is 5.65 Å². The van der Waals surface area contributed by atoms with Crippen LogP contribution in [0.15, 0.2) is 52.6 Å². The molecule has 4 heterocycles. The Balaban J connectivity index is 1.41. The third-order valence-corrected chi connectivity index (χ3v) is 6.16. The molecule has 2 atom stereocenters. The third-order valence-electron chi connectivity index (χ3n) is 6.16. The van der Waals surface area contributed by atoms with Gasteiger partial charge in [-0.1, -0.05) is 6.07 Å². The monoisotopic (exact) mass is 485 g/mol. The molecule has 1 aromatic carbocycles. The number of imidazole rings is 2. The molecule has 0 aliphatic heterocycles. The Morgan fingerprint density at radius 2 is 1.94 bits per heavy atom. The number of nitrogens with one attached hydrogen (secondary N) is 2. The van der Waals surface area contributed by atoms with Crippen LogP contribution in [0.1, 0.15) is 29.4 Å². The summed E-state index contributed by atoms with van der Waals surface area (Å²) in [7, 11) is 0. The molecule has 1 aliphatic carbocycles. The molecule has 0 bridgehead atoms. The summed E-state index contributed by atoms with van der Waals surface area (Å²) in [5.74, 6) is -0.903. The largest absolute Gasteiger partial charge is 0.406 e. The van der Waals surface area contributed by atoms with E-state index in [1.165, 1.54) is 12.5 Å². The second-order valence-corrected chi connectivity index (χ2v) is 8.47. The summed E-state index contributed by atoms with van der Waals surface area (Å²) in [5.41, 5.74) is 1.40. The highest BCUT2D eigenvalue weighted by molar-refractivity contribution is 5.77. The van der Waals surface area contributed by atoms with Crippen molar-refractivity contribution in [3.63, 3.8) is 0 Å². The van der Waals surface area contributed by atoms with Gasteiger partial charge in [-0.05, 0) is 42.0 Å². The summed E-state index contributed by atoms with van der Waals surface area (Å²) < 4.78 is 55.3. The Morgan fingerprint density at radius 1 is 1.11 bits per heavy atom. The molecule has 5 aromatic rings. The number of alkyl halides is 3. The number of nitrogens with zero attached hydrogens (tertiary/aromatic N) is 5. The van der Waals surface area contributed by atoms with Crippen LogP contribution in [0.4, 0.5) is 17.6 Å². The molecule has 1 aliphatic rings. The van der Waals surface area contributed by atoms with Crippen molar-refractivity contribution in [3.8, 4) is 11.3 Å². The molecule has 2 N–H and O–H groups in total. The first-order valence-corrected chi connectivity index (χ1v) is 10.6. The Labute approximate surface area is 192 Å². The fourth-order valence-corrected chi connectivity index (χ4v) is 4.50. The molecule has 1 fully saturated rings. The zero-order chi connectivity index (χ0) is 24.5. The van der Waals surface area contributed by atoms with Crippen LogP contribution in [0.5, 0.6) is 0 Å². The van der Waals surface area contributed by atoms with Gasteiger partial charge in [0.05, 0.1) is 34.8 Å². The lowest BCUT2D eigenvalue weighted by Crippen LogP contribution is -2.23. The van der Waals surface area contributed by atoms with Crippen LogP contribution in [0.3, 0.4) is 0 Å². The van der Waals surface area contributed by atoms with Crippen LogP contribution >= 0.6 is 0 Å². The number of hydrogen-bond donors (Lipinski definition) is 2. The lowest BCUT2D eigenvalue weighted by molar-refractivity contribution is -0.139. The molecule has 1 saturated carbocycles. The normalized spacial score (nSPS) is 17.9. The van der Waals surface area contributed by atoms with Gasteiger partial charge < -0.3 is 9.55 Å². The van der Waals surface area contributed by atoms with Crippen LogP contribution in [0.25, 0.3) is 27.9 Å². The number of fused-ring (bicyclic) bond motifs is 2. The lowest BCUT2D eigenvalue weighted by atomic mass is 10.0. The highest BCUT2D eigenvalue weighted by atomic mass is 19.4. The number of hydrogen-bond acceptors (Lipinski definition) is 5. The van der Waals surface area contributed by atoms with E-state index in [9.17, 15) is 27.2 Å². The van der Waals surface area contributed by atoms with Crippen molar-refractivity contribution in [1.82, 2.24) is 34.1 Å². The highest BCUT2D eigenvalue weighted by Crippen LogP contribution is 2.56. The molecule has 178 valence electrons. The molecule has 6 rings (SSSR count). The first kappa shape index (κ1) is 21.3. The van der Waals surface area contributed by atoms with Gasteiger partial charge in [0.1, 0.15) is 6.54 Å². The second kappa shape index (κ2) is 7.35. The number of H-pyrrole nitrogens is 2. The van der Waals surface area contributed by atoms with Gasteiger partial charge in [0, 0.05) is 11.8 Å². The minimum Gasteiger partial charge on any atom is -0.321 e. The summed E-state index contributed by atoms with van der Waals surface area (Å²) in [4.78, 5) is 36.3. The van der Waals surface area contributed by atoms with E-state index in [4.69, 9.17) is 0 Å². The standard InChI is InChI=1S/C22H15F4N7O2/c23-18-7-27-19-13(5-16(31-33(18)19)14-6-28-21(35)30-20(14)34)12-4-11(12)10-1-2-15-17(3-10)32(9-29-15)8-22(24,25)26/h1-3,5-7,9,11-12H,4,8H2,(H2,28,30,34,35)/t11-,12+/m1/s1. The predicted molar refractivity (Wildman–Crippen MR) is 116 cm³/mol. The van der Waals surface area contributed by atoms with E-state index >= 15 is 0 Å². The maximum absolute atomic E-state index is 14.4. The average molecular weight is 485 g/mol. The third kappa shape index (κ3) is 3.68. The smallest absolute Gasteiger partial charge is 0.321 e. The summed E-state index contributed by atoms with van der Waals surface area (Å²) in [6, 6.07) is 6.81. The van der Waals surface area contributed by atoms with Gasteiger partial charge in [-0.3, -0.25) is 9.78 Å². The van der Waals surface area contributed by atoms with Crippen molar-refractivity contribution < 1.29 is 17.6 Å². The van der Waals surface area contributed by atoms with Crippen LogP contribution in [0, 0.1) is 5.95 Å². The maximum Gasteiger partial charge on any atom is 0.406 e. The van der Waals surface area contributed by atoms with E-state index in [-0.39, 0.29) is 28.7 Å². The Morgan fingerprint density at radius 3 is 2.71 bits per heavy atom. The number of rotatable bonds is 4. The van der Waals surface area contributed by atoms with Gasteiger partial charge in [-0.15, -0.1) is 0 Å². The zero-order valence-electron chi connectivity index (χ0n) is 17.7. The number of halogens is 4. The van der Waals surface area contributed by atoms with Gasteiger partial charge in [0.2, 0.25) is 5.95 Å². The van der Waals surface area contributed by atoms with Crippen molar-refractivity contribution in [3.05, 3.63) is 80.9 Å². The van der Waals surface area contributed by atoms with E-state index in [2.05, 4.69) is 25.0 Å². The lowest BCUT2D eigenvalue weighted by Gasteiger charge is -2.09. The minimum absolute atomic E-state index is 0.0514. The second-order valence-electron chi connectivity index (χ2n) is 8.47. The van der Waals surface area contributed by atoms with Gasteiger partial charge in [-0.2, -0.15) is 27.2 Å². The fraction of sp³-hybridized carbons (Fsp3) is 0.227. The topological polar surface area (TPSA) is 114 Å².